The molecule has 3 nitrogen and oxygen atoms in total. The van der Waals surface area contributed by atoms with Crippen molar-refractivity contribution in [2.75, 3.05) is 6.54 Å². The van der Waals surface area contributed by atoms with Crippen LogP contribution in [0.15, 0.2) is 4.76 Å². The van der Waals surface area contributed by atoms with Crippen molar-refractivity contribution in [2.45, 2.75) is 39.5 Å². The van der Waals surface area contributed by atoms with Gasteiger partial charge < -0.3 is 0 Å². The fourth-order valence-corrected chi connectivity index (χ4v) is 2.16. The molecule has 0 bridgehead atoms. The van der Waals surface area contributed by atoms with Crippen LogP contribution in [-0.4, -0.2) is 12.8 Å². The second-order valence-electron chi connectivity index (χ2n) is 2.97. The molecule has 0 heterocycles. The number of unbranched alkanes of at least 4 members (excludes halogenated alkanes) is 2. The summed E-state index contributed by atoms with van der Waals surface area (Å²) >= 11 is 5.15. The molecule has 0 saturated carbocycles. The minimum Gasteiger partial charge on any atom is -0.274 e. The summed E-state index contributed by atoms with van der Waals surface area (Å²) in [4.78, 5) is 0. The average molecular weight is 221 g/mol. The van der Waals surface area contributed by atoms with Gasteiger partial charge in [0.25, 0.3) is 0 Å². The van der Waals surface area contributed by atoms with E-state index in [2.05, 4.69) is 23.7 Å². The third-order valence-corrected chi connectivity index (χ3v) is 3.39. The summed E-state index contributed by atoms with van der Waals surface area (Å²) in [7, 11) is 0. The SMILES string of the molecule is CCCC=NP(N)(=S)NCCCC. The molecule has 13 heavy (non-hydrogen) atoms. The second kappa shape index (κ2) is 7.63. The molecule has 0 spiro atoms. The predicted octanol–water partition coefficient (Wildman–Crippen LogP) is 2.43. The Morgan fingerprint density at radius 3 is 2.69 bits per heavy atom. The van der Waals surface area contributed by atoms with Crippen LogP contribution in [0.3, 0.4) is 0 Å². The summed E-state index contributed by atoms with van der Waals surface area (Å²) in [6.07, 6.45) is 6.17. The molecule has 0 aliphatic carbocycles. The lowest BCUT2D eigenvalue weighted by Crippen LogP contribution is -2.15. The van der Waals surface area contributed by atoms with Gasteiger partial charge in [-0.15, -0.1) is 0 Å². The van der Waals surface area contributed by atoms with Gasteiger partial charge in [-0.05, 0) is 24.6 Å². The highest BCUT2D eigenvalue weighted by molar-refractivity contribution is 8.11. The van der Waals surface area contributed by atoms with Crippen molar-refractivity contribution < 1.29 is 0 Å². The molecule has 0 aromatic heterocycles. The van der Waals surface area contributed by atoms with E-state index in [9.17, 15) is 0 Å². The molecule has 1 atom stereocenters. The van der Waals surface area contributed by atoms with E-state index in [1.54, 1.807) is 0 Å². The van der Waals surface area contributed by atoms with Crippen LogP contribution in [-0.2, 0) is 11.8 Å². The molecule has 0 fully saturated rings. The van der Waals surface area contributed by atoms with Crippen molar-refractivity contribution in [3.63, 3.8) is 0 Å². The van der Waals surface area contributed by atoms with Gasteiger partial charge in [-0.25, -0.2) is 4.76 Å². The molecule has 0 aromatic carbocycles. The molecular formula is C8H20N3PS. The van der Waals surface area contributed by atoms with Gasteiger partial charge in [0.15, 0.2) is 6.49 Å². The summed E-state index contributed by atoms with van der Waals surface area (Å²) < 4.78 is 4.19. The fourth-order valence-electron chi connectivity index (χ4n) is 0.765. The van der Waals surface area contributed by atoms with Gasteiger partial charge in [-0.3, -0.25) is 10.6 Å². The third kappa shape index (κ3) is 8.57. The highest BCUT2D eigenvalue weighted by Crippen LogP contribution is 2.32. The number of hydrogen-bond acceptors (Lipinski definition) is 1. The maximum absolute atomic E-state index is 5.82. The molecule has 0 aromatic rings. The van der Waals surface area contributed by atoms with Crippen molar-refractivity contribution >= 4 is 24.5 Å². The van der Waals surface area contributed by atoms with Gasteiger partial charge in [0, 0.05) is 12.8 Å². The van der Waals surface area contributed by atoms with Crippen LogP contribution in [0.2, 0.25) is 0 Å². The van der Waals surface area contributed by atoms with Crippen molar-refractivity contribution in [2.24, 2.45) is 10.3 Å². The van der Waals surface area contributed by atoms with Crippen molar-refractivity contribution in [1.29, 1.82) is 0 Å². The topological polar surface area (TPSA) is 50.4 Å². The van der Waals surface area contributed by atoms with Crippen molar-refractivity contribution in [3.8, 4) is 0 Å². The van der Waals surface area contributed by atoms with Crippen LogP contribution in [0.5, 0.6) is 0 Å². The minimum atomic E-state index is -2.10. The standard InChI is InChI=1S/C8H20N3PS/c1-3-5-7-10-12(9,13)11-8-6-4-2/h7H,3-6,8H2,1-2H3,(H3,9,11,13). The Kier molecular flexibility index (Phi) is 7.77. The van der Waals surface area contributed by atoms with Crippen LogP contribution >= 0.6 is 6.49 Å². The Bertz CT molecular complexity index is 194. The first kappa shape index (κ1) is 13.2. The van der Waals surface area contributed by atoms with Gasteiger partial charge in [0.05, 0.1) is 0 Å². The summed E-state index contributed by atoms with van der Waals surface area (Å²) in [6.45, 7) is 3.03. The Hall–Kier alpha value is 0.240. The van der Waals surface area contributed by atoms with Gasteiger partial charge >= 0.3 is 0 Å². The summed E-state index contributed by atoms with van der Waals surface area (Å²) in [5.74, 6) is 0. The molecule has 0 aliphatic heterocycles. The lowest BCUT2D eigenvalue weighted by Gasteiger charge is -2.12. The van der Waals surface area contributed by atoms with E-state index in [1.165, 1.54) is 0 Å². The fraction of sp³-hybridized carbons (Fsp3) is 0.875. The Morgan fingerprint density at radius 2 is 2.15 bits per heavy atom. The zero-order valence-corrected chi connectivity index (χ0v) is 10.2. The van der Waals surface area contributed by atoms with Crippen molar-refractivity contribution in [3.05, 3.63) is 0 Å². The largest absolute Gasteiger partial charge is 0.274 e. The zero-order chi connectivity index (χ0) is 10.2. The van der Waals surface area contributed by atoms with E-state index in [1.807, 2.05) is 6.21 Å². The number of nitrogens with one attached hydrogen (secondary N) is 1. The lowest BCUT2D eigenvalue weighted by atomic mass is 10.3. The number of hydrogen-bond donors (Lipinski definition) is 2. The molecule has 0 amide bonds. The van der Waals surface area contributed by atoms with E-state index in [-0.39, 0.29) is 0 Å². The second-order valence-corrected chi connectivity index (χ2v) is 6.43. The monoisotopic (exact) mass is 221 g/mol. The summed E-state index contributed by atoms with van der Waals surface area (Å²) in [5, 5.41) is 3.12. The van der Waals surface area contributed by atoms with Crippen LogP contribution < -0.4 is 10.6 Å². The van der Waals surface area contributed by atoms with Gasteiger partial charge in [-0.1, -0.05) is 26.7 Å². The first-order chi connectivity index (χ1) is 6.12. The van der Waals surface area contributed by atoms with Gasteiger partial charge in [0.1, 0.15) is 0 Å². The average Bonchev–Trinajstić information content (AvgIpc) is 2.05. The number of nitrogens with zero attached hydrogens (tertiary/aromatic N) is 1. The maximum Gasteiger partial charge on any atom is 0.179 e. The first-order valence-electron chi connectivity index (χ1n) is 4.80. The Morgan fingerprint density at radius 1 is 1.46 bits per heavy atom. The van der Waals surface area contributed by atoms with Crippen molar-refractivity contribution in [1.82, 2.24) is 5.09 Å². The van der Waals surface area contributed by atoms with Gasteiger partial charge in [-0.2, -0.15) is 0 Å². The molecule has 5 heteroatoms. The highest BCUT2D eigenvalue weighted by atomic mass is 32.4. The van der Waals surface area contributed by atoms with Crippen LogP contribution in [0, 0.1) is 0 Å². The number of nitrogens with two attached hydrogens (primary N) is 1. The van der Waals surface area contributed by atoms with Crippen LogP contribution in [0.25, 0.3) is 0 Å². The maximum atomic E-state index is 5.82. The molecule has 3 N–H and O–H groups in total. The third-order valence-electron chi connectivity index (χ3n) is 1.54. The summed E-state index contributed by atoms with van der Waals surface area (Å²) in [5.41, 5.74) is 5.82. The normalized spacial score (nSPS) is 16.2. The van der Waals surface area contributed by atoms with Crippen LogP contribution in [0.1, 0.15) is 39.5 Å². The Balaban J connectivity index is 3.72. The lowest BCUT2D eigenvalue weighted by molar-refractivity contribution is 0.769. The van der Waals surface area contributed by atoms with E-state index in [0.29, 0.717) is 0 Å². The van der Waals surface area contributed by atoms with E-state index >= 15 is 0 Å². The molecule has 0 aliphatic rings. The molecule has 0 radical (unpaired) electrons. The Labute approximate surface area is 86.4 Å². The zero-order valence-electron chi connectivity index (χ0n) is 8.49. The van der Waals surface area contributed by atoms with Gasteiger partial charge in [0.2, 0.25) is 0 Å². The molecular weight excluding hydrogens is 201 g/mol. The van der Waals surface area contributed by atoms with E-state index in [0.717, 1.165) is 32.2 Å². The number of rotatable bonds is 7. The predicted molar refractivity (Wildman–Crippen MR) is 64.8 cm³/mol. The quantitative estimate of drug-likeness (QED) is 0.394. The molecule has 0 rings (SSSR count). The smallest absolute Gasteiger partial charge is 0.179 e. The first-order valence-corrected chi connectivity index (χ1v) is 7.62. The summed E-state index contributed by atoms with van der Waals surface area (Å²) in [6, 6.07) is 0. The minimum absolute atomic E-state index is 0.883. The van der Waals surface area contributed by atoms with E-state index < -0.39 is 6.49 Å². The molecule has 0 saturated heterocycles. The van der Waals surface area contributed by atoms with E-state index in [4.69, 9.17) is 17.3 Å². The highest BCUT2D eigenvalue weighted by Gasteiger charge is 2.04. The molecule has 1 unspecified atom stereocenters. The molecule has 78 valence electrons. The van der Waals surface area contributed by atoms with Crippen LogP contribution in [0.4, 0.5) is 0 Å².